The predicted molar refractivity (Wildman–Crippen MR) is 92.3 cm³/mol. The molecule has 0 aromatic carbocycles. The zero-order chi connectivity index (χ0) is 17.2. The zero-order valence-corrected chi connectivity index (χ0v) is 14.2. The summed E-state index contributed by atoms with van der Waals surface area (Å²) in [5.74, 6) is 1.55. The highest BCUT2D eigenvalue weighted by Gasteiger charge is 2.26. The molecule has 0 aliphatic carbocycles. The summed E-state index contributed by atoms with van der Waals surface area (Å²) in [5.41, 5.74) is 1.33. The van der Waals surface area contributed by atoms with Crippen LogP contribution in [0.2, 0.25) is 0 Å². The molecular formula is C18H21N5O2. The summed E-state index contributed by atoms with van der Waals surface area (Å²) >= 11 is 0. The summed E-state index contributed by atoms with van der Waals surface area (Å²) in [6, 6.07) is 7.52. The van der Waals surface area contributed by atoms with Crippen molar-refractivity contribution < 1.29 is 9.21 Å². The SMILES string of the molecule is Cc1nnc2ccc(C(=O)NC[C@@H](c3ccco3)N3CCCC3)cn12. The Kier molecular flexibility index (Phi) is 4.23. The van der Waals surface area contributed by atoms with Crippen LogP contribution in [0.25, 0.3) is 5.65 Å². The Bertz CT molecular complexity index is 865. The van der Waals surface area contributed by atoms with Gasteiger partial charge in [0.25, 0.3) is 5.91 Å². The van der Waals surface area contributed by atoms with E-state index in [9.17, 15) is 4.79 Å². The highest BCUT2D eigenvalue weighted by atomic mass is 16.3. The van der Waals surface area contributed by atoms with Crippen LogP contribution in [-0.2, 0) is 0 Å². The maximum absolute atomic E-state index is 12.6. The molecule has 0 bridgehead atoms. The molecule has 1 atom stereocenters. The van der Waals surface area contributed by atoms with Crippen molar-refractivity contribution in [3.8, 4) is 0 Å². The molecule has 130 valence electrons. The summed E-state index contributed by atoms with van der Waals surface area (Å²) < 4.78 is 7.41. The number of nitrogens with zero attached hydrogens (tertiary/aromatic N) is 4. The fraction of sp³-hybridized carbons (Fsp3) is 0.389. The first-order chi connectivity index (χ1) is 12.2. The number of amides is 1. The van der Waals surface area contributed by atoms with Crippen LogP contribution in [-0.4, -0.2) is 45.0 Å². The van der Waals surface area contributed by atoms with Gasteiger partial charge in [-0.15, -0.1) is 10.2 Å². The molecule has 1 amide bonds. The molecular weight excluding hydrogens is 318 g/mol. The van der Waals surface area contributed by atoms with Crippen LogP contribution in [0.1, 0.15) is 40.8 Å². The van der Waals surface area contributed by atoms with Gasteiger partial charge in [-0.25, -0.2) is 0 Å². The van der Waals surface area contributed by atoms with Gasteiger partial charge < -0.3 is 9.73 Å². The van der Waals surface area contributed by atoms with Crippen molar-refractivity contribution in [2.75, 3.05) is 19.6 Å². The first-order valence-corrected chi connectivity index (χ1v) is 8.59. The van der Waals surface area contributed by atoms with Gasteiger partial charge in [0.15, 0.2) is 5.65 Å². The van der Waals surface area contributed by atoms with Gasteiger partial charge in [0.05, 0.1) is 17.9 Å². The summed E-state index contributed by atoms with van der Waals surface area (Å²) in [6.45, 7) is 4.45. The minimum Gasteiger partial charge on any atom is -0.468 e. The fourth-order valence-electron chi connectivity index (χ4n) is 3.37. The minimum atomic E-state index is -0.106. The van der Waals surface area contributed by atoms with Gasteiger partial charge in [-0.1, -0.05) is 0 Å². The van der Waals surface area contributed by atoms with Gasteiger partial charge >= 0.3 is 0 Å². The minimum absolute atomic E-state index is 0.0711. The van der Waals surface area contributed by atoms with Gasteiger partial charge in [0.1, 0.15) is 11.6 Å². The van der Waals surface area contributed by atoms with E-state index in [0.29, 0.717) is 12.1 Å². The molecule has 0 radical (unpaired) electrons. The lowest BCUT2D eigenvalue weighted by Gasteiger charge is -2.26. The van der Waals surface area contributed by atoms with E-state index in [0.717, 1.165) is 30.3 Å². The largest absolute Gasteiger partial charge is 0.468 e. The third-order valence-electron chi connectivity index (χ3n) is 4.74. The third kappa shape index (κ3) is 3.15. The zero-order valence-electron chi connectivity index (χ0n) is 14.2. The van der Waals surface area contributed by atoms with Gasteiger partial charge in [0.2, 0.25) is 0 Å². The van der Waals surface area contributed by atoms with E-state index < -0.39 is 0 Å². The maximum Gasteiger partial charge on any atom is 0.252 e. The molecule has 1 aliphatic heterocycles. The molecule has 1 aliphatic rings. The average molecular weight is 339 g/mol. The average Bonchev–Trinajstić information content (AvgIpc) is 3.38. The van der Waals surface area contributed by atoms with Crippen LogP contribution in [0.5, 0.6) is 0 Å². The Morgan fingerprint density at radius 1 is 1.28 bits per heavy atom. The number of furan rings is 1. The summed E-state index contributed by atoms with van der Waals surface area (Å²) in [4.78, 5) is 15.0. The Labute approximate surface area is 145 Å². The normalized spacial score (nSPS) is 16.4. The second-order valence-corrected chi connectivity index (χ2v) is 6.38. The lowest BCUT2D eigenvalue weighted by molar-refractivity contribution is 0.0933. The first kappa shape index (κ1) is 15.8. The van der Waals surface area contributed by atoms with Crippen LogP contribution in [0.15, 0.2) is 41.1 Å². The van der Waals surface area contributed by atoms with Crippen LogP contribution in [0.3, 0.4) is 0 Å². The topological polar surface area (TPSA) is 75.7 Å². The number of aryl methyl sites for hydroxylation is 1. The number of likely N-dealkylation sites (tertiary alicyclic amines) is 1. The number of nitrogens with one attached hydrogen (secondary N) is 1. The molecule has 3 aromatic heterocycles. The molecule has 1 saturated heterocycles. The molecule has 1 fully saturated rings. The van der Waals surface area contributed by atoms with Gasteiger partial charge in [-0.05, 0) is 57.1 Å². The smallest absolute Gasteiger partial charge is 0.252 e. The van der Waals surface area contributed by atoms with Crippen molar-refractivity contribution in [2.45, 2.75) is 25.8 Å². The van der Waals surface area contributed by atoms with Crippen molar-refractivity contribution in [3.05, 3.63) is 53.9 Å². The second kappa shape index (κ2) is 6.68. The van der Waals surface area contributed by atoms with Crippen LogP contribution >= 0.6 is 0 Å². The van der Waals surface area contributed by atoms with E-state index in [1.807, 2.05) is 23.5 Å². The van der Waals surface area contributed by atoms with Crippen molar-refractivity contribution in [1.29, 1.82) is 0 Å². The highest BCUT2D eigenvalue weighted by Crippen LogP contribution is 2.25. The molecule has 25 heavy (non-hydrogen) atoms. The Morgan fingerprint density at radius 2 is 2.12 bits per heavy atom. The van der Waals surface area contributed by atoms with Gasteiger partial charge in [-0.3, -0.25) is 14.1 Å². The number of rotatable bonds is 5. The predicted octanol–water partition coefficient (Wildman–Crippen LogP) is 2.20. The van der Waals surface area contributed by atoms with Crippen LogP contribution in [0, 0.1) is 6.92 Å². The molecule has 4 heterocycles. The molecule has 0 unspecified atom stereocenters. The van der Waals surface area contributed by atoms with E-state index in [2.05, 4.69) is 20.4 Å². The molecule has 0 saturated carbocycles. The number of fused-ring (bicyclic) bond motifs is 1. The van der Waals surface area contributed by atoms with Crippen LogP contribution in [0.4, 0.5) is 0 Å². The molecule has 7 heteroatoms. The molecule has 3 aromatic rings. The molecule has 1 N–H and O–H groups in total. The lowest BCUT2D eigenvalue weighted by Crippen LogP contribution is -2.36. The number of carbonyl (C=O) groups is 1. The van der Waals surface area contributed by atoms with Gasteiger partial charge in [-0.2, -0.15) is 0 Å². The van der Waals surface area contributed by atoms with Crippen molar-refractivity contribution in [3.63, 3.8) is 0 Å². The summed E-state index contributed by atoms with van der Waals surface area (Å²) in [6.07, 6.45) is 5.84. The Morgan fingerprint density at radius 3 is 2.88 bits per heavy atom. The number of pyridine rings is 1. The number of carbonyl (C=O) groups excluding carboxylic acids is 1. The van der Waals surface area contributed by atoms with Crippen molar-refractivity contribution >= 4 is 11.6 Å². The summed E-state index contributed by atoms with van der Waals surface area (Å²) in [5, 5.41) is 11.1. The van der Waals surface area contributed by atoms with Gasteiger partial charge in [0, 0.05) is 12.7 Å². The standard InChI is InChI=1S/C18H21N5O2/c1-13-20-21-17-7-6-14(12-23(13)17)18(24)19-11-15(16-5-4-10-25-16)22-8-2-3-9-22/h4-7,10,12,15H,2-3,8-9,11H2,1H3,(H,19,24)/t15-/m0/s1. The maximum atomic E-state index is 12.6. The van der Waals surface area contributed by atoms with Crippen molar-refractivity contribution in [1.82, 2.24) is 24.8 Å². The second-order valence-electron chi connectivity index (χ2n) is 6.38. The monoisotopic (exact) mass is 339 g/mol. The fourth-order valence-corrected chi connectivity index (χ4v) is 3.37. The molecule has 0 spiro atoms. The lowest BCUT2D eigenvalue weighted by atomic mass is 10.2. The van der Waals surface area contributed by atoms with E-state index in [1.54, 1.807) is 24.6 Å². The number of hydrogen-bond donors (Lipinski definition) is 1. The first-order valence-electron chi connectivity index (χ1n) is 8.59. The van der Waals surface area contributed by atoms with E-state index in [1.165, 1.54) is 12.8 Å². The Hall–Kier alpha value is -2.67. The van der Waals surface area contributed by atoms with E-state index in [-0.39, 0.29) is 11.9 Å². The molecule has 7 nitrogen and oxygen atoms in total. The van der Waals surface area contributed by atoms with Crippen LogP contribution < -0.4 is 5.32 Å². The number of aromatic nitrogens is 3. The quantitative estimate of drug-likeness (QED) is 0.771. The van der Waals surface area contributed by atoms with E-state index >= 15 is 0 Å². The summed E-state index contributed by atoms with van der Waals surface area (Å²) in [7, 11) is 0. The number of hydrogen-bond acceptors (Lipinski definition) is 5. The Balaban J connectivity index is 1.49. The molecule has 4 rings (SSSR count). The third-order valence-corrected chi connectivity index (χ3v) is 4.74. The van der Waals surface area contributed by atoms with E-state index in [4.69, 9.17) is 4.42 Å². The highest BCUT2D eigenvalue weighted by molar-refractivity contribution is 5.94. The van der Waals surface area contributed by atoms with Crippen molar-refractivity contribution in [2.24, 2.45) is 0 Å².